The molecule has 3 heterocycles. The molecular weight excluding hydrogens is 416 g/mol. The summed E-state index contributed by atoms with van der Waals surface area (Å²) >= 11 is 0. The normalized spacial score (nSPS) is 20.6. The first kappa shape index (κ1) is 21.9. The van der Waals surface area contributed by atoms with Crippen LogP contribution in [0, 0.1) is 13.8 Å². The highest BCUT2D eigenvalue weighted by Gasteiger charge is 2.40. The second kappa shape index (κ2) is 8.76. The van der Waals surface area contributed by atoms with Crippen molar-refractivity contribution in [2.24, 2.45) is 0 Å². The number of hydrogen-bond donors (Lipinski definition) is 0. The Labute approximate surface area is 195 Å². The number of benzene rings is 1. The maximum absolute atomic E-state index is 13.4. The molecule has 0 spiro atoms. The van der Waals surface area contributed by atoms with Crippen molar-refractivity contribution in [3.63, 3.8) is 0 Å². The number of methoxy groups -OCH3 is 1. The third-order valence-electron chi connectivity index (χ3n) is 7.14. The van der Waals surface area contributed by atoms with E-state index < -0.39 is 0 Å². The summed E-state index contributed by atoms with van der Waals surface area (Å²) in [5.74, 6) is 2.57. The molecule has 1 aromatic carbocycles. The highest BCUT2D eigenvalue weighted by atomic mass is 16.5. The number of hydrogen-bond acceptors (Lipinski definition) is 5. The molecule has 3 aliphatic rings. The number of piperidine rings is 1. The molecule has 2 aromatic rings. The second-order valence-electron chi connectivity index (χ2n) is 9.54. The van der Waals surface area contributed by atoms with E-state index in [1.165, 1.54) is 0 Å². The number of likely N-dealkylation sites (tertiary alicyclic amines) is 1. The number of aromatic nitrogens is 2. The van der Waals surface area contributed by atoms with E-state index in [2.05, 4.69) is 0 Å². The number of carbonyl (C=O) groups excluding carboxylic acids is 2. The quantitative estimate of drug-likeness (QED) is 0.695. The molecule has 2 fully saturated rings. The molecule has 1 atom stereocenters. The Hall–Kier alpha value is -2.96. The summed E-state index contributed by atoms with van der Waals surface area (Å²) in [5, 5.41) is 0. The molecule has 2 aliphatic heterocycles. The Balaban J connectivity index is 1.43. The topological polar surface area (TPSA) is 75.6 Å². The van der Waals surface area contributed by atoms with E-state index >= 15 is 0 Å². The summed E-state index contributed by atoms with van der Waals surface area (Å²) < 4.78 is 5.35. The van der Waals surface area contributed by atoms with Gasteiger partial charge in [0.25, 0.3) is 0 Å². The van der Waals surface area contributed by atoms with Crippen LogP contribution in [0.3, 0.4) is 0 Å². The van der Waals surface area contributed by atoms with E-state index in [4.69, 9.17) is 14.7 Å². The summed E-state index contributed by atoms with van der Waals surface area (Å²) in [5.41, 5.74) is 4.04. The van der Waals surface area contributed by atoms with Crippen LogP contribution in [0.25, 0.3) is 0 Å². The maximum atomic E-state index is 13.4. The first-order valence-electron chi connectivity index (χ1n) is 12.1. The third kappa shape index (κ3) is 4.21. The highest BCUT2D eigenvalue weighted by molar-refractivity contribution is 5.96. The number of ether oxygens (including phenoxy) is 1. The molecule has 1 saturated heterocycles. The summed E-state index contributed by atoms with van der Waals surface area (Å²) in [4.78, 5) is 39.8. The molecule has 1 aliphatic carbocycles. The number of amides is 2. The molecule has 7 heteroatoms. The van der Waals surface area contributed by atoms with Crippen LogP contribution in [0.15, 0.2) is 18.2 Å². The van der Waals surface area contributed by atoms with E-state index in [1.807, 2.05) is 41.8 Å². The van der Waals surface area contributed by atoms with Gasteiger partial charge in [0.15, 0.2) is 5.82 Å². The van der Waals surface area contributed by atoms with Crippen LogP contribution in [-0.4, -0.2) is 46.4 Å². The van der Waals surface area contributed by atoms with Gasteiger partial charge in [0.1, 0.15) is 11.6 Å². The summed E-state index contributed by atoms with van der Waals surface area (Å²) in [7, 11) is 1.66. The van der Waals surface area contributed by atoms with Crippen molar-refractivity contribution >= 4 is 17.6 Å². The van der Waals surface area contributed by atoms with Gasteiger partial charge in [-0.1, -0.05) is 12.1 Å². The predicted octanol–water partition coefficient (Wildman–Crippen LogP) is 3.84. The van der Waals surface area contributed by atoms with Crippen LogP contribution in [0.5, 0.6) is 5.75 Å². The molecule has 0 bridgehead atoms. The van der Waals surface area contributed by atoms with Gasteiger partial charge in [-0.15, -0.1) is 0 Å². The largest absolute Gasteiger partial charge is 0.496 e. The van der Waals surface area contributed by atoms with Crippen LogP contribution in [-0.2, 0) is 22.4 Å². The lowest BCUT2D eigenvalue weighted by molar-refractivity contribution is -0.134. The van der Waals surface area contributed by atoms with Crippen molar-refractivity contribution in [1.29, 1.82) is 0 Å². The molecule has 0 radical (unpaired) electrons. The summed E-state index contributed by atoms with van der Waals surface area (Å²) in [6, 6.07) is 6.04. The fourth-order valence-electron chi connectivity index (χ4n) is 5.25. The van der Waals surface area contributed by atoms with E-state index in [-0.39, 0.29) is 23.9 Å². The van der Waals surface area contributed by atoms with E-state index in [9.17, 15) is 9.59 Å². The van der Waals surface area contributed by atoms with E-state index in [0.29, 0.717) is 31.6 Å². The average molecular weight is 449 g/mol. The number of fused-ring (bicyclic) bond motifs is 1. The molecule has 7 nitrogen and oxygen atoms in total. The zero-order valence-corrected chi connectivity index (χ0v) is 19.8. The van der Waals surface area contributed by atoms with Gasteiger partial charge >= 0.3 is 0 Å². The zero-order valence-electron chi connectivity index (χ0n) is 19.8. The van der Waals surface area contributed by atoms with Crippen LogP contribution < -0.4 is 9.64 Å². The molecule has 0 unspecified atom stereocenters. The summed E-state index contributed by atoms with van der Waals surface area (Å²) in [6.07, 6.45) is 6.54. The van der Waals surface area contributed by atoms with Gasteiger partial charge in [0, 0.05) is 30.3 Å². The summed E-state index contributed by atoms with van der Waals surface area (Å²) in [6.45, 7) is 4.72. The minimum atomic E-state index is -0.146. The van der Waals surface area contributed by atoms with E-state index in [1.54, 1.807) is 7.11 Å². The van der Waals surface area contributed by atoms with E-state index in [0.717, 1.165) is 66.1 Å². The molecule has 0 N–H and O–H groups in total. The lowest BCUT2D eigenvalue weighted by Gasteiger charge is -2.36. The Bertz CT molecular complexity index is 1100. The van der Waals surface area contributed by atoms with Crippen LogP contribution in [0.2, 0.25) is 0 Å². The molecule has 5 rings (SSSR count). The monoisotopic (exact) mass is 448 g/mol. The Kier molecular flexibility index (Phi) is 5.81. The zero-order chi connectivity index (χ0) is 23.1. The Morgan fingerprint density at radius 3 is 2.67 bits per heavy atom. The molecule has 2 amide bonds. The number of aryl methyl sites for hydroxylation is 2. The predicted molar refractivity (Wildman–Crippen MR) is 125 cm³/mol. The maximum Gasteiger partial charge on any atom is 0.228 e. The van der Waals surface area contributed by atoms with Crippen molar-refractivity contribution in [1.82, 2.24) is 14.9 Å². The molecule has 1 aromatic heterocycles. The first-order chi connectivity index (χ1) is 16.0. The van der Waals surface area contributed by atoms with Crippen molar-refractivity contribution in [2.45, 2.75) is 77.3 Å². The fraction of sp³-hybridized carbons (Fsp3) is 0.538. The molecule has 174 valence electrons. The van der Waals surface area contributed by atoms with Gasteiger partial charge in [0.05, 0.1) is 19.6 Å². The van der Waals surface area contributed by atoms with Crippen LogP contribution in [0.4, 0.5) is 5.82 Å². The van der Waals surface area contributed by atoms with Gasteiger partial charge in [-0.05, 0) is 69.6 Å². The smallest absolute Gasteiger partial charge is 0.228 e. The van der Waals surface area contributed by atoms with Crippen molar-refractivity contribution in [3.8, 4) is 5.75 Å². The Morgan fingerprint density at radius 2 is 1.94 bits per heavy atom. The Morgan fingerprint density at radius 1 is 1.12 bits per heavy atom. The fourth-order valence-corrected chi connectivity index (χ4v) is 5.25. The van der Waals surface area contributed by atoms with Gasteiger partial charge in [-0.3, -0.25) is 14.5 Å². The number of carbonyl (C=O) groups is 2. The number of anilines is 1. The molecule has 1 saturated carbocycles. The van der Waals surface area contributed by atoms with Gasteiger partial charge < -0.3 is 9.64 Å². The van der Waals surface area contributed by atoms with Gasteiger partial charge in [-0.2, -0.15) is 0 Å². The number of nitrogens with zero attached hydrogens (tertiary/aromatic N) is 4. The molecule has 33 heavy (non-hydrogen) atoms. The highest BCUT2D eigenvalue weighted by Crippen LogP contribution is 2.39. The first-order valence-corrected chi connectivity index (χ1v) is 12.1. The average Bonchev–Trinajstić information content (AvgIpc) is 3.64. The van der Waals surface area contributed by atoms with Gasteiger partial charge in [-0.25, -0.2) is 9.97 Å². The SMILES string of the molecule is COc1ccc(CC(=O)N2CCCC[C@@H]2c2nc(C)c3c(n2)N(C2CC2)C(=O)CC3)cc1C. The lowest BCUT2D eigenvalue weighted by atomic mass is 9.98. The molecular formula is C26H32N4O3. The minimum Gasteiger partial charge on any atom is -0.496 e. The van der Waals surface area contributed by atoms with Crippen molar-refractivity contribution in [2.75, 3.05) is 18.6 Å². The van der Waals surface area contributed by atoms with Crippen LogP contribution in [0.1, 0.15) is 72.8 Å². The standard InChI is InChI=1S/C26H32N4O3/c1-16-14-18(7-11-22(16)33-3)15-24(32)29-13-5-4-6-21(29)25-27-17(2)20-10-12-23(31)30(19-8-9-19)26(20)28-25/h7,11,14,19,21H,4-6,8-10,12-13,15H2,1-3H3/t21-/m1/s1. The number of rotatable bonds is 5. The van der Waals surface area contributed by atoms with Crippen molar-refractivity contribution in [3.05, 3.63) is 46.4 Å². The van der Waals surface area contributed by atoms with Crippen LogP contribution >= 0.6 is 0 Å². The van der Waals surface area contributed by atoms with Crippen molar-refractivity contribution < 1.29 is 14.3 Å². The third-order valence-corrected chi connectivity index (χ3v) is 7.14. The lowest BCUT2D eigenvalue weighted by Crippen LogP contribution is -2.42. The minimum absolute atomic E-state index is 0.0957. The van der Waals surface area contributed by atoms with Gasteiger partial charge in [0.2, 0.25) is 11.8 Å². The second-order valence-corrected chi connectivity index (χ2v) is 9.54.